The first-order valence-corrected chi connectivity index (χ1v) is 11.5. The van der Waals surface area contributed by atoms with Gasteiger partial charge in [0, 0.05) is 12.8 Å². The first-order chi connectivity index (χ1) is 14.5. The Kier molecular flexibility index (Phi) is 10.4. The minimum atomic E-state index is -0.180. The van der Waals surface area contributed by atoms with Gasteiger partial charge in [-0.3, -0.25) is 19.4 Å². The molecule has 0 radical (unpaired) electrons. The number of nitrogens with zero attached hydrogens (tertiary/aromatic N) is 2. The standard InChI is InChI=1S/C22H32N2O4S2/c1-3-17-15-23(21(29)27-17)19(25)13-11-9-7-5-6-8-10-12-14-20(26)24-16-18(4-2)28-22(24)30/h3-4,17-18H,1-2,5-16H2/t17-,18-/m1/s1. The number of amides is 2. The number of carbonyl (C=O) groups is 2. The topological polar surface area (TPSA) is 59.1 Å². The van der Waals surface area contributed by atoms with E-state index in [0.717, 1.165) is 51.4 Å². The van der Waals surface area contributed by atoms with Gasteiger partial charge < -0.3 is 9.47 Å². The number of hydrogen-bond donors (Lipinski definition) is 0. The summed E-state index contributed by atoms with van der Waals surface area (Å²) in [5, 5.41) is 0.533. The maximum atomic E-state index is 12.2. The van der Waals surface area contributed by atoms with Gasteiger partial charge >= 0.3 is 0 Å². The van der Waals surface area contributed by atoms with Crippen molar-refractivity contribution in [3.05, 3.63) is 25.3 Å². The maximum absolute atomic E-state index is 12.2. The molecule has 2 amide bonds. The number of hydrogen-bond acceptors (Lipinski definition) is 6. The van der Waals surface area contributed by atoms with E-state index < -0.39 is 0 Å². The molecular weight excluding hydrogens is 420 g/mol. The van der Waals surface area contributed by atoms with Gasteiger partial charge in [0.05, 0.1) is 13.1 Å². The number of unbranched alkanes of at least 4 members (excludes halogenated alkanes) is 7. The Morgan fingerprint density at radius 2 is 1.10 bits per heavy atom. The average Bonchev–Trinajstić information content (AvgIpc) is 3.31. The van der Waals surface area contributed by atoms with Crippen LogP contribution in [0.1, 0.15) is 64.2 Å². The molecule has 0 N–H and O–H groups in total. The van der Waals surface area contributed by atoms with Gasteiger partial charge in [-0.25, -0.2) is 0 Å². The highest BCUT2D eigenvalue weighted by molar-refractivity contribution is 7.80. The Hall–Kier alpha value is -1.80. The van der Waals surface area contributed by atoms with Crippen molar-refractivity contribution >= 4 is 46.6 Å². The number of ether oxygens (including phenoxy) is 2. The second kappa shape index (κ2) is 12.8. The molecule has 2 atom stereocenters. The van der Waals surface area contributed by atoms with E-state index in [1.807, 2.05) is 0 Å². The predicted molar refractivity (Wildman–Crippen MR) is 125 cm³/mol. The third-order valence-corrected chi connectivity index (χ3v) is 5.96. The molecule has 0 spiro atoms. The third-order valence-electron chi connectivity index (χ3n) is 5.33. The van der Waals surface area contributed by atoms with Crippen LogP contribution in [0.3, 0.4) is 0 Å². The highest BCUT2D eigenvalue weighted by Gasteiger charge is 2.31. The molecule has 2 heterocycles. The van der Waals surface area contributed by atoms with Crippen molar-refractivity contribution < 1.29 is 19.1 Å². The molecule has 2 aliphatic rings. The Morgan fingerprint density at radius 1 is 0.767 bits per heavy atom. The van der Waals surface area contributed by atoms with Crippen LogP contribution in [0.15, 0.2) is 25.3 Å². The van der Waals surface area contributed by atoms with Crippen LogP contribution in [0, 0.1) is 0 Å². The Bertz CT molecular complexity index is 612. The summed E-state index contributed by atoms with van der Waals surface area (Å²) in [7, 11) is 0. The number of rotatable bonds is 13. The summed E-state index contributed by atoms with van der Waals surface area (Å²) in [5.41, 5.74) is 0. The molecule has 2 aliphatic heterocycles. The molecule has 0 aromatic rings. The van der Waals surface area contributed by atoms with Gasteiger partial charge in [-0.15, -0.1) is 0 Å². The van der Waals surface area contributed by atoms with E-state index in [4.69, 9.17) is 33.9 Å². The summed E-state index contributed by atoms with van der Waals surface area (Å²) in [6.07, 6.45) is 12.3. The van der Waals surface area contributed by atoms with Crippen molar-refractivity contribution in [2.45, 2.75) is 76.4 Å². The zero-order chi connectivity index (χ0) is 21.9. The van der Waals surface area contributed by atoms with Gasteiger partial charge in [-0.1, -0.05) is 51.7 Å². The molecule has 0 aromatic carbocycles. The Balaban J connectivity index is 1.43. The molecule has 0 aromatic heterocycles. The lowest BCUT2D eigenvalue weighted by Gasteiger charge is -2.12. The van der Waals surface area contributed by atoms with Crippen molar-refractivity contribution in [2.75, 3.05) is 13.1 Å². The van der Waals surface area contributed by atoms with E-state index in [1.54, 1.807) is 22.0 Å². The SMILES string of the molecule is C=C[C@@H]1CN(C(=O)CCCCCCCCCCC(=O)N2C[C@@H](C=C)OC2=S)C(=S)O1. The van der Waals surface area contributed by atoms with E-state index in [-0.39, 0.29) is 34.4 Å². The second-order valence-electron chi connectivity index (χ2n) is 7.65. The summed E-state index contributed by atoms with van der Waals surface area (Å²) >= 11 is 10.2. The van der Waals surface area contributed by atoms with Crippen LogP contribution in [0.2, 0.25) is 0 Å². The predicted octanol–water partition coefficient (Wildman–Crippen LogP) is 4.28. The quantitative estimate of drug-likeness (QED) is 0.236. The van der Waals surface area contributed by atoms with Crippen molar-refractivity contribution in [1.29, 1.82) is 0 Å². The molecule has 30 heavy (non-hydrogen) atoms. The highest BCUT2D eigenvalue weighted by atomic mass is 32.1. The minimum absolute atomic E-state index is 0.0383. The first kappa shape index (κ1) is 24.5. The Morgan fingerprint density at radius 3 is 1.40 bits per heavy atom. The van der Waals surface area contributed by atoms with Gasteiger partial charge in [0.1, 0.15) is 12.2 Å². The molecule has 0 saturated carbocycles. The van der Waals surface area contributed by atoms with Crippen LogP contribution in [0.4, 0.5) is 0 Å². The maximum Gasteiger partial charge on any atom is 0.266 e. The van der Waals surface area contributed by atoms with Crippen molar-refractivity contribution in [3.8, 4) is 0 Å². The van der Waals surface area contributed by atoms with E-state index in [9.17, 15) is 9.59 Å². The monoisotopic (exact) mass is 452 g/mol. The first-order valence-electron chi connectivity index (χ1n) is 10.7. The molecule has 2 saturated heterocycles. The van der Waals surface area contributed by atoms with E-state index >= 15 is 0 Å². The zero-order valence-corrected chi connectivity index (χ0v) is 19.2. The van der Waals surface area contributed by atoms with Gasteiger partial charge in [0.15, 0.2) is 0 Å². The fourth-order valence-electron chi connectivity index (χ4n) is 3.51. The van der Waals surface area contributed by atoms with Crippen LogP contribution in [-0.2, 0) is 19.1 Å². The lowest BCUT2D eigenvalue weighted by Crippen LogP contribution is -2.31. The summed E-state index contributed by atoms with van der Waals surface area (Å²) in [5.74, 6) is 0.0765. The fraction of sp³-hybridized carbons (Fsp3) is 0.636. The fourth-order valence-corrected chi connectivity index (χ4v) is 4.11. The zero-order valence-electron chi connectivity index (χ0n) is 17.6. The average molecular weight is 453 g/mol. The lowest BCUT2D eigenvalue weighted by molar-refractivity contribution is -0.127. The van der Waals surface area contributed by atoms with E-state index in [1.165, 1.54) is 0 Å². The largest absolute Gasteiger partial charge is 0.461 e. The van der Waals surface area contributed by atoms with Gasteiger partial charge in [0.2, 0.25) is 11.8 Å². The summed E-state index contributed by atoms with van der Waals surface area (Å²) < 4.78 is 10.7. The Labute approximate surface area is 190 Å². The molecule has 8 heteroatoms. The molecule has 0 aliphatic carbocycles. The van der Waals surface area contributed by atoms with Crippen LogP contribution in [0.5, 0.6) is 0 Å². The molecule has 0 unspecified atom stereocenters. The smallest absolute Gasteiger partial charge is 0.266 e. The number of carbonyl (C=O) groups excluding carboxylic acids is 2. The second-order valence-corrected chi connectivity index (χ2v) is 8.35. The normalized spacial score (nSPS) is 20.8. The molecule has 6 nitrogen and oxygen atoms in total. The van der Waals surface area contributed by atoms with E-state index in [0.29, 0.717) is 25.9 Å². The summed E-state index contributed by atoms with van der Waals surface area (Å²) in [4.78, 5) is 27.5. The van der Waals surface area contributed by atoms with Crippen LogP contribution < -0.4 is 0 Å². The van der Waals surface area contributed by atoms with Gasteiger partial charge in [0.25, 0.3) is 10.3 Å². The molecule has 0 bridgehead atoms. The van der Waals surface area contributed by atoms with Gasteiger partial charge in [-0.2, -0.15) is 0 Å². The summed E-state index contributed by atoms with van der Waals surface area (Å²) in [6, 6.07) is 0. The molecule has 2 fully saturated rings. The van der Waals surface area contributed by atoms with Crippen LogP contribution in [-0.4, -0.2) is 57.3 Å². The molecule has 166 valence electrons. The van der Waals surface area contributed by atoms with Gasteiger partial charge in [-0.05, 0) is 49.4 Å². The van der Waals surface area contributed by atoms with Crippen molar-refractivity contribution in [1.82, 2.24) is 9.80 Å². The lowest BCUT2D eigenvalue weighted by atomic mass is 10.1. The highest BCUT2D eigenvalue weighted by Crippen LogP contribution is 2.17. The minimum Gasteiger partial charge on any atom is -0.461 e. The van der Waals surface area contributed by atoms with Crippen LogP contribution >= 0.6 is 24.4 Å². The van der Waals surface area contributed by atoms with Crippen molar-refractivity contribution in [3.63, 3.8) is 0 Å². The third kappa shape index (κ3) is 7.47. The number of thiocarbonyl (C=S) groups is 2. The molecule has 2 rings (SSSR count). The molecular formula is C22H32N2O4S2. The van der Waals surface area contributed by atoms with E-state index in [2.05, 4.69) is 13.2 Å². The van der Waals surface area contributed by atoms with Crippen LogP contribution in [0.25, 0.3) is 0 Å². The van der Waals surface area contributed by atoms with Crippen molar-refractivity contribution in [2.24, 2.45) is 0 Å². The summed E-state index contributed by atoms with van der Waals surface area (Å²) in [6.45, 7) is 8.31.